The lowest BCUT2D eigenvalue weighted by molar-refractivity contribution is -0.115. The van der Waals surface area contributed by atoms with E-state index in [0.717, 1.165) is 16.6 Å². The molecule has 2 aromatic carbocycles. The summed E-state index contributed by atoms with van der Waals surface area (Å²) in [6.07, 6.45) is 0.118. The van der Waals surface area contributed by atoms with Crippen molar-refractivity contribution in [1.29, 1.82) is 0 Å². The molecule has 1 amide bonds. The van der Waals surface area contributed by atoms with Crippen molar-refractivity contribution in [1.82, 2.24) is 15.1 Å². The summed E-state index contributed by atoms with van der Waals surface area (Å²) >= 11 is 0. The second-order valence-electron chi connectivity index (χ2n) is 5.38. The molecule has 0 spiro atoms. The van der Waals surface area contributed by atoms with Crippen LogP contribution in [0, 0.1) is 0 Å². The van der Waals surface area contributed by atoms with Gasteiger partial charge in [0.1, 0.15) is 0 Å². The number of carbonyl (C=O) groups is 1. The second-order valence-corrected chi connectivity index (χ2v) is 5.38. The van der Waals surface area contributed by atoms with Gasteiger partial charge < -0.3 is 9.51 Å². The van der Waals surface area contributed by atoms with Gasteiger partial charge >= 0.3 is 0 Å². The van der Waals surface area contributed by atoms with Crippen molar-refractivity contribution in [2.45, 2.75) is 6.42 Å². The van der Waals surface area contributed by atoms with Crippen molar-refractivity contribution in [3.8, 4) is 11.3 Å². The molecule has 0 aliphatic rings. The lowest BCUT2D eigenvalue weighted by Crippen LogP contribution is -2.15. The Hall–Kier alpha value is -3.41. The molecule has 4 aromatic rings. The third-order valence-corrected chi connectivity index (χ3v) is 3.61. The first-order chi connectivity index (χ1) is 11.8. The fourth-order valence-electron chi connectivity index (χ4n) is 2.49. The van der Waals surface area contributed by atoms with E-state index in [1.165, 1.54) is 0 Å². The van der Waals surface area contributed by atoms with Gasteiger partial charge in [0.05, 0.1) is 23.1 Å². The number of amides is 1. The lowest BCUT2D eigenvalue weighted by atomic mass is 10.1. The van der Waals surface area contributed by atoms with E-state index in [4.69, 9.17) is 4.52 Å². The summed E-state index contributed by atoms with van der Waals surface area (Å²) in [5.74, 6) is 0.858. The monoisotopic (exact) mass is 318 g/mol. The Labute approximate surface area is 137 Å². The van der Waals surface area contributed by atoms with E-state index in [2.05, 4.69) is 20.4 Å². The Morgan fingerprint density at radius 3 is 2.71 bits per heavy atom. The number of para-hydroxylation sites is 2. The molecule has 118 valence electrons. The summed E-state index contributed by atoms with van der Waals surface area (Å²) in [5, 5.41) is 6.69. The van der Waals surface area contributed by atoms with E-state index in [9.17, 15) is 4.79 Å². The van der Waals surface area contributed by atoms with Crippen molar-refractivity contribution in [2.24, 2.45) is 0 Å². The number of nitrogens with zero attached hydrogens (tertiary/aromatic N) is 2. The molecule has 2 heterocycles. The summed E-state index contributed by atoms with van der Waals surface area (Å²) in [6.45, 7) is 0. The number of hydrogen-bond donors (Lipinski definition) is 2. The number of rotatable bonds is 4. The van der Waals surface area contributed by atoms with Gasteiger partial charge in [0, 0.05) is 11.6 Å². The summed E-state index contributed by atoms with van der Waals surface area (Å²) < 4.78 is 5.30. The maximum Gasteiger partial charge on any atom is 0.232 e. The number of fused-ring (bicyclic) bond motifs is 1. The first-order valence-electron chi connectivity index (χ1n) is 7.53. The second kappa shape index (κ2) is 6.00. The Balaban J connectivity index is 1.45. The summed E-state index contributed by atoms with van der Waals surface area (Å²) in [4.78, 5) is 19.5. The molecular formula is C18H14N4O2. The number of benzene rings is 2. The van der Waals surface area contributed by atoms with E-state index in [1.807, 2.05) is 54.6 Å². The van der Waals surface area contributed by atoms with Gasteiger partial charge in [-0.15, -0.1) is 0 Å². The predicted octanol–water partition coefficient (Wildman–Crippen LogP) is 3.40. The number of carbonyl (C=O) groups excluding carboxylic acids is 1. The average molecular weight is 318 g/mol. The zero-order valence-corrected chi connectivity index (χ0v) is 12.7. The van der Waals surface area contributed by atoms with Crippen LogP contribution in [-0.4, -0.2) is 21.0 Å². The molecule has 2 aromatic heterocycles. The van der Waals surface area contributed by atoms with Crippen LogP contribution in [0.2, 0.25) is 0 Å². The lowest BCUT2D eigenvalue weighted by Gasteiger charge is -1.98. The average Bonchev–Trinajstić information content (AvgIpc) is 3.21. The number of anilines is 1. The quantitative estimate of drug-likeness (QED) is 0.604. The predicted molar refractivity (Wildman–Crippen MR) is 90.4 cm³/mol. The van der Waals surface area contributed by atoms with Crippen molar-refractivity contribution in [3.05, 3.63) is 66.4 Å². The maximum atomic E-state index is 12.2. The zero-order chi connectivity index (χ0) is 16.4. The van der Waals surface area contributed by atoms with Crippen LogP contribution >= 0.6 is 0 Å². The van der Waals surface area contributed by atoms with Gasteiger partial charge in [-0.05, 0) is 12.1 Å². The van der Waals surface area contributed by atoms with E-state index in [-0.39, 0.29) is 12.3 Å². The molecule has 4 rings (SSSR count). The van der Waals surface area contributed by atoms with E-state index in [0.29, 0.717) is 17.4 Å². The van der Waals surface area contributed by atoms with Gasteiger partial charge in [0.15, 0.2) is 5.76 Å². The van der Waals surface area contributed by atoms with Crippen LogP contribution in [0.15, 0.2) is 65.2 Å². The Bertz CT molecular complexity index is 955. The van der Waals surface area contributed by atoms with Crippen LogP contribution in [0.3, 0.4) is 0 Å². The Kier molecular flexibility index (Phi) is 3.55. The molecule has 0 aliphatic carbocycles. The third kappa shape index (κ3) is 2.89. The van der Waals surface area contributed by atoms with Crippen LogP contribution < -0.4 is 5.32 Å². The van der Waals surface area contributed by atoms with Crippen molar-refractivity contribution >= 4 is 22.9 Å². The van der Waals surface area contributed by atoms with E-state index in [1.54, 1.807) is 6.07 Å². The Morgan fingerprint density at radius 1 is 1.08 bits per heavy atom. The van der Waals surface area contributed by atoms with Gasteiger partial charge in [0.25, 0.3) is 0 Å². The normalized spacial score (nSPS) is 10.8. The molecule has 6 heteroatoms. The van der Waals surface area contributed by atoms with E-state index >= 15 is 0 Å². The topological polar surface area (TPSA) is 83.8 Å². The highest BCUT2D eigenvalue weighted by Crippen LogP contribution is 2.20. The van der Waals surface area contributed by atoms with Crippen LogP contribution in [0.4, 0.5) is 5.95 Å². The van der Waals surface area contributed by atoms with Crippen LogP contribution in [0.25, 0.3) is 22.4 Å². The first kappa shape index (κ1) is 14.2. The van der Waals surface area contributed by atoms with Crippen molar-refractivity contribution in [2.75, 3.05) is 5.32 Å². The number of imidazole rings is 1. The largest absolute Gasteiger partial charge is 0.356 e. The minimum Gasteiger partial charge on any atom is -0.356 e. The fourth-order valence-corrected chi connectivity index (χ4v) is 2.49. The van der Waals surface area contributed by atoms with Gasteiger partial charge in [-0.2, -0.15) is 0 Å². The molecular weight excluding hydrogens is 304 g/mol. The molecule has 6 nitrogen and oxygen atoms in total. The van der Waals surface area contributed by atoms with Crippen LogP contribution in [0.1, 0.15) is 5.69 Å². The molecule has 0 aliphatic heterocycles. The number of hydrogen-bond acceptors (Lipinski definition) is 4. The first-order valence-corrected chi connectivity index (χ1v) is 7.53. The molecule has 0 atom stereocenters. The fraction of sp³-hybridized carbons (Fsp3) is 0.0556. The summed E-state index contributed by atoms with van der Waals surface area (Å²) in [6, 6.07) is 19.0. The van der Waals surface area contributed by atoms with Gasteiger partial charge in [0.2, 0.25) is 11.9 Å². The van der Waals surface area contributed by atoms with Crippen molar-refractivity contribution in [3.63, 3.8) is 0 Å². The van der Waals surface area contributed by atoms with Gasteiger partial charge in [-0.1, -0.05) is 47.6 Å². The highest BCUT2D eigenvalue weighted by molar-refractivity contribution is 5.92. The molecule has 0 saturated heterocycles. The summed E-state index contributed by atoms with van der Waals surface area (Å²) in [7, 11) is 0. The SMILES string of the molecule is O=C(Cc1cc(-c2ccccc2)on1)Nc1nc2ccccc2[nH]1. The summed E-state index contributed by atoms with van der Waals surface area (Å²) in [5.41, 5.74) is 3.18. The highest BCUT2D eigenvalue weighted by Gasteiger charge is 2.12. The smallest absolute Gasteiger partial charge is 0.232 e. The van der Waals surface area contributed by atoms with E-state index < -0.39 is 0 Å². The molecule has 0 radical (unpaired) electrons. The molecule has 24 heavy (non-hydrogen) atoms. The molecule has 0 bridgehead atoms. The Morgan fingerprint density at radius 2 is 1.88 bits per heavy atom. The zero-order valence-electron chi connectivity index (χ0n) is 12.7. The number of aromatic nitrogens is 3. The number of aromatic amines is 1. The highest BCUT2D eigenvalue weighted by atomic mass is 16.5. The molecule has 0 unspecified atom stereocenters. The van der Waals surface area contributed by atoms with Gasteiger partial charge in [-0.3, -0.25) is 10.1 Å². The molecule has 0 fully saturated rings. The standard InChI is InChI=1S/C18H14N4O2/c23-17(21-18-19-14-8-4-5-9-15(14)20-18)11-13-10-16(24-22-13)12-6-2-1-3-7-12/h1-10H,11H2,(H2,19,20,21,23). The molecule has 2 N–H and O–H groups in total. The van der Waals surface area contributed by atoms with Crippen molar-refractivity contribution < 1.29 is 9.32 Å². The minimum atomic E-state index is -0.207. The van der Waals surface area contributed by atoms with Crippen LogP contribution in [0.5, 0.6) is 0 Å². The van der Waals surface area contributed by atoms with Gasteiger partial charge in [-0.25, -0.2) is 4.98 Å². The molecule has 0 saturated carbocycles. The van der Waals surface area contributed by atoms with Crippen LogP contribution in [-0.2, 0) is 11.2 Å². The number of nitrogens with one attached hydrogen (secondary N) is 2. The number of H-pyrrole nitrogens is 1. The maximum absolute atomic E-state index is 12.2. The third-order valence-electron chi connectivity index (χ3n) is 3.61. The minimum absolute atomic E-state index is 0.118.